The monoisotopic (exact) mass is 276 g/mol. The molecule has 0 amide bonds. The first-order chi connectivity index (χ1) is 9.52. The molecule has 2 N–H and O–H groups in total. The number of nitrogens with zero attached hydrogens (tertiary/aromatic N) is 1. The van der Waals surface area contributed by atoms with Gasteiger partial charge in [0.05, 0.1) is 12.7 Å². The van der Waals surface area contributed by atoms with E-state index in [1.54, 1.807) is 6.07 Å². The molecule has 20 heavy (non-hydrogen) atoms. The average molecular weight is 276 g/mol. The van der Waals surface area contributed by atoms with E-state index in [1.807, 2.05) is 12.1 Å². The number of nitrogens with two attached hydrogens (primary N) is 1. The maximum Gasteiger partial charge on any atom is 0.340 e. The average Bonchev–Trinajstić information content (AvgIpc) is 2.42. The number of carbonyl (C=O) groups excluding carboxylic acids is 1. The number of methoxy groups -OCH3 is 1. The molecule has 2 atom stereocenters. The molecule has 110 valence electrons. The molecule has 0 spiro atoms. The zero-order valence-corrected chi connectivity index (χ0v) is 12.6. The normalized spacial score (nSPS) is 23.6. The summed E-state index contributed by atoms with van der Waals surface area (Å²) in [6.07, 6.45) is 2.48. The minimum Gasteiger partial charge on any atom is -0.465 e. The van der Waals surface area contributed by atoms with Crippen molar-refractivity contribution in [3.05, 3.63) is 29.3 Å². The van der Waals surface area contributed by atoms with Crippen LogP contribution in [0.2, 0.25) is 0 Å². The van der Waals surface area contributed by atoms with Gasteiger partial charge in [-0.15, -0.1) is 0 Å². The molecule has 1 aliphatic heterocycles. The smallest absolute Gasteiger partial charge is 0.340 e. The third kappa shape index (κ3) is 3.12. The van der Waals surface area contributed by atoms with E-state index in [1.165, 1.54) is 20.0 Å². The largest absolute Gasteiger partial charge is 0.465 e. The fraction of sp³-hybridized carbons (Fsp3) is 0.562. The quantitative estimate of drug-likeness (QED) is 0.681. The lowest BCUT2D eigenvalue weighted by Crippen LogP contribution is -2.40. The lowest BCUT2D eigenvalue weighted by molar-refractivity contribution is 0.0596. The van der Waals surface area contributed by atoms with Gasteiger partial charge in [-0.25, -0.2) is 4.79 Å². The van der Waals surface area contributed by atoms with Gasteiger partial charge in [0.25, 0.3) is 0 Å². The van der Waals surface area contributed by atoms with Gasteiger partial charge in [0, 0.05) is 24.8 Å². The minimum absolute atomic E-state index is 0.351. The van der Waals surface area contributed by atoms with E-state index in [4.69, 9.17) is 10.5 Å². The first kappa shape index (κ1) is 14.9. The third-order valence-electron chi connectivity index (χ3n) is 4.19. The molecule has 0 aliphatic carbocycles. The second-order valence-electron chi connectivity index (χ2n) is 5.83. The van der Waals surface area contributed by atoms with Crippen molar-refractivity contribution in [2.24, 2.45) is 5.92 Å². The molecule has 2 unspecified atom stereocenters. The Kier molecular flexibility index (Phi) is 4.65. The van der Waals surface area contributed by atoms with Gasteiger partial charge in [0.2, 0.25) is 0 Å². The second kappa shape index (κ2) is 6.27. The summed E-state index contributed by atoms with van der Waals surface area (Å²) in [5.74, 6) is 0.352. The predicted octanol–water partition coefficient (Wildman–Crippen LogP) is 2.68. The maximum atomic E-state index is 11.9. The van der Waals surface area contributed by atoms with Crippen LogP contribution >= 0.6 is 0 Å². The molecule has 1 heterocycles. The van der Waals surface area contributed by atoms with Crippen LogP contribution in [0.15, 0.2) is 18.2 Å². The molecule has 0 aromatic heterocycles. The van der Waals surface area contributed by atoms with E-state index < -0.39 is 0 Å². The molecule has 0 bridgehead atoms. The number of anilines is 1. The summed E-state index contributed by atoms with van der Waals surface area (Å²) < 4.78 is 4.86. The maximum absolute atomic E-state index is 11.9. The lowest BCUT2D eigenvalue weighted by Gasteiger charge is -2.37. The van der Waals surface area contributed by atoms with Crippen molar-refractivity contribution in [3.8, 4) is 0 Å². The van der Waals surface area contributed by atoms with Gasteiger partial charge in [-0.1, -0.05) is 19.1 Å². The van der Waals surface area contributed by atoms with E-state index in [0.717, 1.165) is 18.7 Å². The van der Waals surface area contributed by atoms with E-state index >= 15 is 0 Å². The van der Waals surface area contributed by atoms with Crippen LogP contribution in [-0.2, 0) is 11.3 Å². The van der Waals surface area contributed by atoms with Gasteiger partial charge >= 0.3 is 5.97 Å². The van der Waals surface area contributed by atoms with Crippen LogP contribution in [0.4, 0.5) is 5.69 Å². The number of piperidine rings is 1. The number of nitrogen functional groups attached to an aromatic ring is 1. The van der Waals surface area contributed by atoms with E-state index in [2.05, 4.69) is 18.7 Å². The Morgan fingerprint density at radius 3 is 2.85 bits per heavy atom. The molecule has 2 rings (SSSR count). The summed E-state index contributed by atoms with van der Waals surface area (Å²) in [7, 11) is 1.39. The minimum atomic E-state index is -0.351. The Morgan fingerprint density at radius 1 is 1.40 bits per heavy atom. The molecule has 0 radical (unpaired) electrons. The van der Waals surface area contributed by atoms with Crippen molar-refractivity contribution in [1.29, 1.82) is 0 Å². The van der Waals surface area contributed by atoms with E-state index in [0.29, 0.717) is 23.2 Å². The van der Waals surface area contributed by atoms with Crippen LogP contribution in [0, 0.1) is 5.92 Å². The summed E-state index contributed by atoms with van der Waals surface area (Å²) in [4.78, 5) is 14.3. The lowest BCUT2D eigenvalue weighted by atomic mass is 9.94. The predicted molar refractivity (Wildman–Crippen MR) is 80.5 cm³/mol. The standard InChI is InChI=1S/C16H24N2O2/c1-11-7-8-12(2)18(9-11)10-13-5-4-6-14(17)15(13)16(19)20-3/h4-6,11-12H,7-10,17H2,1-3H3. The Balaban J connectivity index is 2.24. The molecular weight excluding hydrogens is 252 g/mol. The summed E-state index contributed by atoms with van der Waals surface area (Å²) in [5.41, 5.74) is 7.91. The second-order valence-corrected chi connectivity index (χ2v) is 5.83. The molecule has 1 fully saturated rings. The highest BCUT2D eigenvalue weighted by atomic mass is 16.5. The summed E-state index contributed by atoms with van der Waals surface area (Å²) in [6, 6.07) is 6.15. The fourth-order valence-electron chi connectivity index (χ4n) is 2.92. The van der Waals surface area contributed by atoms with E-state index in [9.17, 15) is 4.79 Å². The van der Waals surface area contributed by atoms with Crippen LogP contribution in [0.5, 0.6) is 0 Å². The molecule has 1 aromatic carbocycles. The number of hydrogen-bond donors (Lipinski definition) is 1. The zero-order chi connectivity index (χ0) is 14.7. The summed E-state index contributed by atoms with van der Waals surface area (Å²) in [5, 5.41) is 0. The molecule has 0 saturated carbocycles. The Labute approximate surface area is 120 Å². The van der Waals surface area contributed by atoms with Crippen molar-refractivity contribution in [2.75, 3.05) is 19.4 Å². The van der Waals surface area contributed by atoms with Crippen LogP contribution in [0.25, 0.3) is 0 Å². The SMILES string of the molecule is COC(=O)c1c(N)cccc1CN1CC(C)CCC1C. The number of rotatable bonds is 3. The van der Waals surface area contributed by atoms with Gasteiger partial charge in [-0.05, 0) is 37.3 Å². The first-order valence-corrected chi connectivity index (χ1v) is 7.22. The van der Waals surface area contributed by atoms with Crippen molar-refractivity contribution in [1.82, 2.24) is 4.90 Å². The van der Waals surface area contributed by atoms with Gasteiger partial charge < -0.3 is 10.5 Å². The topological polar surface area (TPSA) is 55.6 Å². The van der Waals surface area contributed by atoms with Crippen LogP contribution in [0.3, 0.4) is 0 Å². The van der Waals surface area contributed by atoms with Crippen LogP contribution < -0.4 is 5.73 Å². The highest BCUT2D eigenvalue weighted by Crippen LogP contribution is 2.26. The number of ether oxygens (including phenoxy) is 1. The summed E-state index contributed by atoms with van der Waals surface area (Å²) >= 11 is 0. The fourth-order valence-corrected chi connectivity index (χ4v) is 2.92. The molecular formula is C16H24N2O2. The van der Waals surface area contributed by atoms with Crippen molar-refractivity contribution in [3.63, 3.8) is 0 Å². The molecule has 4 nitrogen and oxygen atoms in total. The van der Waals surface area contributed by atoms with Crippen molar-refractivity contribution >= 4 is 11.7 Å². The number of benzene rings is 1. The van der Waals surface area contributed by atoms with Gasteiger partial charge in [-0.2, -0.15) is 0 Å². The highest BCUT2D eigenvalue weighted by molar-refractivity contribution is 5.96. The first-order valence-electron chi connectivity index (χ1n) is 7.22. The van der Waals surface area contributed by atoms with Gasteiger partial charge in [0.15, 0.2) is 0 Å². The molecule has 1 aromatic rings. The Morgan fingerprint density at radius 2 is 2.15 bits per heavy atom. The number of carbonyl (C=O) groups is 1. The zero-order valence-electron chi connectivity index (χ0n) is 12.6. The number of hydrogen-bond acceptors (Lipinski definition) is 4. The van der Waals surface area contributed by atoms with Crippen molar-refractivity contribution < 1.29 is 9.53 Å². The molecule has 4 heteroatoms. The van der Waals surface area contributed by atoms with Gasteiger partial charge in [-0.3, -0.25) is 4.90 Å². The molecule has 1 saturated heterocycles. The highest BCUT2D eigenvalue weighted by Gasteiger charge is 2.25. The summed E-state index contributed by atoms with van der Waals surface area (Å²) in [6.45, 7) is 6.34. The Hall–Kier alpha value is -1.55. The number of esters is 1. The third-order valence-corrected chi connectivity index (χ3v) is 4.19. The van der Waals surface area contributed by atoms with Crippen LogP contribution in [-0.4, -0.2) is 30.6 Å². The van der Waals surface area contributed by atoms with Crippen molar-refractivity contribution in [2.45, 2.75) is 39.3 Å². The van der Waals surface area contributed by atoms with E-state index in [-0.39, 0.29) is 5.97 Å². The van der Waals surface area contributed by atoms with Crippen LogP contribution in [0.1, 0.15) is 42.6 Å². The van der Waals surface area contributed by atoms with Gasteiger partial charge in [0.1, 0.15) is 0 Å². The number of likely N-dealkylation sites (tertiary alicyclic amines) is 1. The molecule has 1 aliphatic rings. The Bertz CT molecular complexity index is 487.